The molecule has 2 aliphatic rings. The molecule has 13 heteroatoms. The molecular formula is C25H27F2N5O5S. The minimum Gasteiger partial charge on any atom is -0.502 e. The summed E-state index contributed by atoms with van der Waals surface area (Å²) in [6.45, 7) is 2.02. The Morgan fingerprint density at radius 2 is 2.00 bits per heavy atom. The van der Waals surface area contributed by atoms with Gasteiger partial charge in [-0.2, -0.15) is 0 Å². The standard InChI is InChI=1S/C25H27F2N5O5S/c1-4-31-23(35)19-21(34)20(33)16(22(29)38-18(28)9-13-5-6-15(26)10-17(13)27)12-32(19)30(2)25(31)8-7-14(11-25)24(36)37-3/h5-6,10,12,14,28-29,34H,4,7-9,11H2,1-3H3. The number of amides is 1. The Labute approximate surface area is 221 Å². The molecule has 1 aliphatic carbocycles. The van der Waals surface area contributed by atoms with Gasteiger partial charge in [0.2, 0.25) is 5.43 Å². The number of hydrogen-bond donors (Lipinski definition) is 3. The van der Waals surface area contributed by atoms with Crippen molar-refractivity contribution in [1.29, 1.82) is 10.8 Å². The van der Waals surface area contributed by atoms with E-state index >= 15 is 0 Å². The molecule has 2 atom stereocenters. The first kappa shape index (κ1) is 27.3. The van der Waals surface area contributed by atoms with Gasteiger partial charge in [-0.3, -0.25) is 34.9 Å². The van der Waals surface area contributed by atoms with Crippen molar-refractivity contribution in [1.82, 2.24) is 9.58 Å². The fourth-order valence-corrected chi connectivity index (χ4v) is 6.01. The molecule has 0 saturated heterocycles. The predicted octanol–water partition coefficient (Wildman–Crippen LogP) is 2.82. The predicted molar refractivity (Wildman–Crippen MR) is 138 cm³/mol. The molecule has 1 fully saturated rings. The Hall–Kier alpha value is -3.74. The van der Waals surface area contributed by atoms with Crippen molar-refractivity contribution in [3.8, 4) is 5.75 Å². The van der Waals surface area contributed by atoms with Gasteiger partial charge >= 0.3 is 5.97 Å². The second-order valence-corrected chi connectivity index (χ2v) is 10.3. The second-order valence-electron chi connectivity index (χ2n) is 9.20. The summed E-state index contributed by atoms with van der Waals surface area (Å²) in [6, 6.07) is 2.96. The summed E-state index contributed by atoms with van der Waals surface area (Å²) in [5.74, 6) is -3.84. The summed E-state index contributed by atoms with van der Waals surface area (Å²) in [5, 5.41) is 28.5. The number of hydrogen-bond acceptors (Lipinski definition) is 9. The van der Waals surface area contributed by atoms with Crippen LogP contribution in [0.15, 0.2) is 29.2 Å². The van der Waals surface area contributed by atoms with E-state index in [0.29, 0.717) is 30.7 Å². The number of carbonyl (C=O) groups is 2. The number of halogens is 2. The van der Waals surface area contributed by atoms with Crippen LogP contribution in [0.3, 0.4) is 0 Å². The fourth-order valence-electron chi connectivity index (χ4n) is 5.28. The number of thioether (sulfide) groups is 1. The maximum Gasteiger partial charge on any atom is 0.308 e. The molecule has 1 aliphatic heterocycles. The quantitative estimate of drug-likeness (QED) is 0.297. The summed E-state index contributed by atoms with van der Waals surface area (Å²) in [4.78, 5) is 40.3. The Morgan fingerprint density at radius 3 is 2.63 bits per heavy atom. The molecule has 1 amide bonds. The minimum absolute atomic E-state index is 0.0510. The lowest BCUT2D eigenvalue weighted by atomic mass is 10.00. The zero-order chi connectivity index (χ0) is 27.9. The number of aromatic hydroxyl groups is 1. The van der Waals surface area contributed by atoms with E-state index in [9.17, 15) is 28.3 Å². The first-order valence-electron chi connectivity index (χ1n) is 11.9. The Morgan fingerprint density at radius 1 is 1.29 bits per heavy atom. The molecule has 202 valence electrons. The van der Waals surface area contributed by atoms with E-state index in [1.165, 1.54) is 28.9 Å². The average Bonchev–Trinajstić information content (AvgIpc) is 3.31. The van der Waals surface area contributed by atoms with E-state index in [1.807, 2.05) is 0 Å². The smallest absolute Gasteiger partial charge is 0.308 e. The molecule has 0 bridgehead atoms. The first-order valence-corrected chi connectivity index (χ1v) is 12.7. The van der Waals surface area contributed by atoms with Crippen LogP contribution in [0.1, 0.15) is 47.8 Å². The molecule has 2 unspecified atom stereocenters. The monoisotopic (exact) mass is 547 g/mol. The first-order chi connectivity index (χ1) is 17.9. The Kier molecular flexibility index (Phi) is 7.33. The molecule has 2 heterocycles. The van der Waals surface area contributed by atoms with E-state index in [2.05, 4.69) is 0 Å². The van der Waals surface area contributed by atoms with Crippen molar-refractivity contribution in [2.75, 3.05) is 25.7 Å². The van der Waals surface area contributed by atoms with E-state index in [0.717, 1.165) is 6.07 Å². The molecule has 1 aromatic heterocycles. The second kappa shape index (κ2) is 10.2. The number of aromatic nitrogens is 1. The number of benzene rings is 1. The zero-order valence-corrected chi connectivity index (χ0v) is 21.8. The summed E-state index contributed by atoms with van der Waals surface area (Å²) in [6.07, 6.45) is 2.20. The molecule has 2 aromatic rings. The summed E-state index contributed by atoms with van der Waals surface area (Å²) in [7, 11) is 2.97. The third-order valence-electron chi connectivity index (χ3n) is 7.19. The molecule has 1 saturated carbocycles. The van der Waals surface area contributed by atoms with E-state index < -0.39 is 40.3 Å². The van der Waals surface area contributed by atoms with Gasteiger partial charge in [0.05, 0.1) is 23.6 Å². The van der Waals surface area contributed by atoms with Crippen molar-refractivity contribution in [3.05, 3.63) is 63.1 Å². The van der Waals surface area contributed by atoms with E-state index in [1.54, 1.807) is 19.0 Å². The lowest BCUT2D eigenvalue weighted by molar-refractivity contribution is -0.145. The third-order valence-corrected chi connectivity index (χ3v) is 8.01. The highest BCUT2D eigenvalue weighted by Crippen LogP contribution is 2.44. The van der Waals surface area contributed by atoms with Crippen LogP contribution in [0.25, 0.3) is 0 Å². The number of nitrogens with one attached hydrogen (secondary N) is 2. The third kappa shape index (κ3) is 4.44. The van der Waals surface area contributed by atoms with Gasteiger partial charge in [0.15, 0.2) is 11.4 Å². The molecule has 3 N–H and O–H groups in total. The number of rotatable bonds is 5. The maximum atomic E-state index is 14.0. The van der Waals surface area contributed by atoms with Crippen molar-refractivity contribution in [2.24, 2.45) is 5.92 Å². The van der Waals surface area contributed by atoms with Gasteiger partial charge in [0.25, 0.3) is 5.91 Å². The van der Waals surface area contributed by atoms with Gasteiger partial charge < -0.3 is 14.7 Å². The van der Waals surface area contributed by atoms with Crippen LogP contribution in [-0.4, -0.2) is 63.0 Å². The molecule has 1 spiro atoms. The molecule has 0 radical (unpaired) electrons. The normalized spacial score (nSPS) is 20.6. The highest BCUT2D eigenvalue weighted by molar-refractivity contribution is 8.26. The highest BCUT2D eigenvalue weighted by atomic mass is 32.2. The topological polar surface area (TPSA) is 140 Å². The van der Waals surface area contributed by atoms with Crippen LogP contribution >= 0.6 is 11.8 Å². The number of carbonyl (C=O) groups excluding carboxylic acids is 2. The van der Waals surface area contributed by atoms with Gasteiger partial charge in [-0.15, -0.1) is 0 Å². The van der Waals surface area contributed by atoms with Crippen LogP contribution in [0, 0.1) is 28.4 Å². The minimum atomic E-state index is -0.956. The number of methoxy groups -OCH3 is 1. The van der Waals surface area contributed by atoms with Gasteiger partial charge in [-0.1, -0.05) is 17.8 Å². The van der Waals surface area contributed by atoms with Crippen LogP contribution in [-0.2, 0) is 16.0 Å². The summed E-state index contributed by atoms with van der Waals surface area (Å²) < 4.78 is 33.4. The number of esters is 1. The van der Waals surface area contributed by atoms with Gasteiger partial charge in [-0.05, 0) is 31.4 Å². The Bertz CT molecular complexity index is 1410. The highest BCUT2D eigenvalue weighted by Gasteiger charge is 2.54. The van der Waals surface area contributed by atoms with Crippen LogP contribution in [0.2, 0.25) is 0 Å². The molecule has 10 nitrogen and oxygen atoms in total. The molecule has 4 rings (SSSR count). The average molecular weight is 548 g/mol. The van der Waals surface area contributed by atoms with Crippen molar-refractivity contribution >= 4 is 33.7 Å². The number of nitrogens with zero attached hydrogens (tertiary/aromatic N) is 3. The van der Waals surface area contributed by atoms with E-state index in [4.69, 9.17) is 15.6 Å². The lowest BCUT2D eigenvalue weighted by Gasteiger charge is -2.52. The van der Waals surface area contributed by atoms with E-state index in [-0.39, 0.29) is 52.3 Å². The van der Waals surface area contributed by atoms with Crippen LogP contribution in [0.5, 0.6) is 5.75 Å². The van der Waals surface area contributed by atoms with Gasteiger partial charge in [0.1, 0.15) is 22.3 Å². The zero-order valence-electron chi connectivity index (χ0n) is 21.0. The summed E-state index contributed by atoms with van der Waals surface area (Å²) >= 11 is 0.579. The van der Waals surface area contributed by atoms with Gasteiger partial charge in [0, 0.05) is 38.7 Å². The SMILES string of the molecule is CCN1C(=O)c2c(O)c(=O)c(C(=N)SC(=N)Cc3ccc(F)cc3F)cn2N(C)C12CCC(C(=O)OC)C2. The number of pyridine rings is 1. The van der Waals surface area contributed by atoms with Crippen molar-refractivity contribution < 1.29 is 28.2 Å². The number of ether oxygens (including phenoxy) is 1. The maximum absolute atomic E-state index is 14.0. The fraction of sp³-hybridized carbons (Fsp3) is 0.400. The van der Waals surface area contributed by atoms with Crippen LogP contribution in [0.4, 0.5) is 8.78 Å². The van der Waals surface area contributed by atoms with Crippen LogP contribution < -0.4 is 10.4 Å². The largest absolute Gasteiger partial charge is 0.502 e. The summed E-state index contributed by atoms with van der Waals surface area (Å²) in [5.41, 5.74) is -2.37. The van der Waals surface area contributed by atoms with Crippen molar-refractivity contribution in [3.63, 3.8) is 0 Å². The molecule has 1 aromatic carbocycles. The Balaban J connectivity index is 1.68. The lowest BCUT2D eigenvalue weighted by Crippen LogP contribution is -2.68. The van der Waals surface area contributed by atoms with Crippen molar-refractivity contribution in [2.45, 2.75) is 38.3 Å². The molecule has 38 heavy (non-hydrogen) atoms. The molecular weight excluding hydrogens is 520 g/mol. The number of fused-ring (bicyclic) bond motifs is 1. The van der Waals surface area contributed by atoms with Gasteiger partial charge in [-0.25, -0.2) is 8.78 Å².